The molecule has 2 aromatic carbocycles. The van der Waals surface area contributed by atoms with E-state index in [4.69, 9.17) is 15.2 Å². The SMILES string of the molecule is COc1ccc(COc2ccc3c(c2)CCC(CCN2CCC(N)CC2)C3=O)cc1. The molecule has 0 radical (unpaired) electrons. The van der Waals surface area contributed by atoms with Crippen LogP contribution < -0.4 is 15.2 Å². The Balaban J connectivity index is 1.32. The number of carbonyl (C=O) groups excluding carboxylic acids is 1. The number of Topliss-reactive ketones (excluding diaryl/α,β-unsaturated/α-hetero) is 1. The van der Waals surface area contributed by atoms with E-state index in [2.05, 4.69) is 4.90 Å². The van der Waals surface area contributed by atoms with Crippen LogP contribution in [0.15, 0.2) is 42.5 Å². The zero-order chi connectivity index (χ0) is 20.9. The van der Waals surface area contributed by atoms with Gasteiger partial charge in [-0.15, -0.1) is 0 Å². The normalized spacial score (nSPS) is 20.1. The van der Waals surface area contributed by atoms with Gasteiger partial charge in [-0.05, 0) is 93.2 Å². The highest BCUT2D eigenvalue weighted by Crippen LogP contribution is 2.31. The van der Waals surface area contributed by atoms with Crippen LogP contribution in [0.1, 0.15) is 47.2 Å². The van der Waals surface area contributed by atoms with Crippen LogP contribution >= 0.6 is 0 Å². The number of hydrogen-bond acceptors (Lipinski definition) is 5. The van der Waals surface area contributed by atoms with E-state index in [1.54, 1.807) is 7.11 Å². The van der Waals surface area contributed by atoms with Gasteiger partial charge in [0.15, 0.2) is 5.78 Å². The van der Waals surface area contributed by atoms with Crippen molar-refractivity contribution in [2.24, 2.45) is 11.7 Å². The predicted octanol–water partition coefficient (Wildman–Crippen LogP) is 3.83. The van der Waals surface area contributed by atoms with Gasteiger partial charge in [0.25, 0.3) is 0 Å². The van der Waals surface area contributed by atoms with Crippen LogP contribution in [0, 0.1) is 5.92 Å². The third kappa shape index (κ3) is 5.02. The highest BCUT2D eigenvalue weighted by Gasteiger charge is 2.28. The number of ether oxygens (including phenoxy) is 2. The van der Waals surface area contributed by atoms with E-state index in [1.165, 1.54) is 0 Å². The van der Waals surface area contributed by atoms with Crippen molar-refractivity contribution >= 4 is 5.78 Å². The molecule has 30 heavy (non-hydrogen) atoms. The first-order valence-electron chi connectivity index (χ1n) is 11.0. The molecule has 1 aliphatic carbocycles. The van der Waals surface area contributed by atoms with Gasteiger partial charge in [-0.2, -0.15) is 0 Å². The van der Waals surface area contributed by atoms with Crippen LogP contribution in [0.3, 0.4) is 0 Å². The Hall–Kier alpha value is -2.37. The second-order valence-electron chi connectivity index (χ2n) is 8.52. The summed E-state index contributed by atoms with van der Waals surface area (Å²) in [4.78, 5) is 15.5. The maximum atomic E-state index is 13.0. The second kappa shape index (κ2) is 9.63. The molecule has 0 amide bonds. The Morgan fingerprint density at radius 3 is 2.50 bits per heavy atom. The summed E-state index contributed by atoms with van der Waals surface area (Å²) in [5.41, 5.74) is 9.08. The van der Waals surface area contributed by atoms with Gasteiger partial charge < -0.3 is 20.1 Å². The molecule has 4 rings (SSSR count). The van der Waals surface area contributed by atoms with Gasteiger partial charge in [0.2, 0.25) is 0 Å². The van der Waals surface area contributed by atoms with Crippen molar-refractivity contribution in [3.05, 3.63) is 59.2 Å². The third-order valence-electron chi connectivity index (χ3n) is 6.47. The van der Waals surface area contributed by atoms with E-state index in [0.29, 0.717) is 18.4 Å². The van der Waals surface area contributed by atoms with Crippen molar-refractivity contribution in [2.45, 2.75) is 44.8 Å². The van der Waals surface area contributed by atoms with Crippen molar-refractivity contribution in [1.29, 1.82) is 0 Å². The van der Waals surface area contributed by atoms with Gasteiger partial charge in [0.05, 0.1) is 7.11 Å². The smallest absolute Gasteiger partial charge is 0.166 e. The average Bonchev–Trinajstić information content (AvgIpc) is 2.78. The number of methoxy groups -OCH3 is 1. The second-order valence-corrected chi connectivity index (χ2v) is 8.52. The number of nitrogens with two attached hydrogens (primary N) is 1. The number of rotatable bonds is 7. The van der Waals surface area contributed by atoms with Crippen molar-refractivity contribution in [3.63, 3.8) is 0 Å². The molecule has 0 bridgehead atoms. The Morgan fingerprint density at radius 1 is 1.03 bits per heavy atom. The van der Waals surface area contributed by atoms with Crippen LogP contribution in [-0.2, 0) is 13.0 Å². The number of fused-ring (bicyclic) bond motifs is 1. The average molecular weight is 409 g/mol. The lowest BCUT2D eigenvalue weighted by Crippen LogP contribution is -2.40. The van der Waals surface area contributed by atoms with Gasteiger partial charge in [-0.25, -0.2) is 0 Å². The lowest BCUT2D eigenvalue weighted by molar-refractivity contribution is 0.0877. The highest BCUT2D eigenvalue weighted by atomic mass is 16.5. The van der Waals surface area contributed by atoms with Gasteiger partial charge in [0.1, 0.15) is 18.1 Å². The molecule has 0 spiro atoms. The summed E-state index contributed by atoms with van der Waals surface area (Å²) in [6, 6.07) is 14.1. The van der Waals surface area contributed by atoms with E-state index in [0.717, 1.165) is 79.9 Å². The van der Waals surface area contributed by atoms with Crippen LogP contribution in [0.5, 0.6) is 11.5 Å². The van der Waals surface area contributed by atoms with Crippen LogP contribution in [0.4, 0.5) is 0 Å². The zero-order valence-electron chi connectivity index (χ0n) is 17.8. The fraction of sp³-hybridized carbons (Fsp3) is 0.480. The van der Waals surface area contributed by atoms with Crippen LogP contribution in [-0.4, -0.2) is 43.5 Å². The number of nitrogens with zero attached hydrogens (tertiary/aromatic N) is 1. The van der Waals surface area contributed by atoms with Gasteiger partial charge >= 0.3 is 0 Å². The first-order chi connectivity index (χ1) is 14.6. The molecule has 2 aromatic rings. The van der Waals surface area contributed by atoms with Crippen LogP contribution in [0.2, 0.25) is 0 Å². The Bertz CT molecular complexity index is 857. The van der Waals surface area contributed by atoms with E-state index < -0.39 is 0 Å². The summed E-state index contributed by atoms with van der Waals surface area (Å²) < 4.78 is 11.1. The lowest BCUT2D eigenvalue weighted by atomic mass is 9.81. The first kappa shape index (κ1) is 20.9. The number of ketones is 1. The fourth-order valence-electron chi connectivity index (χ4n) is 4.47. The number of likely N-dealkylation sites (tertiary alicyclic amines) is 1. The topological polar surface area (TPSA) is 64.8 Å². The number of carbonyl (C=O) groups is 1. The maximum Gasteiger partial charge on any atom is 0.166 e. The first-order valence-corrected chi connectivity index (χ1v) is 11.0. The molecule has 160 valence electrons. The standard InChI is InChI=1S/C25H32N2O3/c1-29-22-6-2-18(3-7-22)17-30-23-8-9-24-20(16-23)5-4-19(25(24)28)10-13-27-14-11-21(26)12-15-27/h2-3,6-9,16,19,21H,4-5,10-15,17,26H2,1H3. The number of aryl methyl sites for hydroxylation is 1. The number of benzene rings is 2. The molecule has 1 saturated heterocycles. The fourth-order valence-corrected chi connectivity index (χ4v) is 4.47. The molecule has 0 aromatic heterocycles. The summed E-state index contributed by atoms with van der Waals surface area (Å²) in [6.07, 6.45) is 4.96. The van der Waals surface area contributed by atoms with Gasteiger partial charge in [0, 0.05) is 17.5 Å². The predicted molar refractivity (Wildman–Crippen MR) is 118 cm³/mol. The maximum absolute atomic E-state index is 13.0. The summed E-state index contributed by atoms with van der Waals surface area (Å²) in [5, 5.41) is 0. The summed E-state index contributed by atoms with van der Waals surface area (Å²) in [5.74, 6) is 2.09. The minimum absolute atomic E-state index is 0.138. The number of hydrogen-bond donors (Lipinski definition) is 1. The van der Waals surface area contributed by atoms with Crippen molar-refractivity contribution in [1.82, 2.24) is 4.90 Å². The van der Waals surface area contributed by atoms with E-state index in [9.17, 15) is 4.79 Å². The van der Waals surface area contributed by atoms with Crippen LogP contribution in [0.25, 0.3) is 0 Å². The molecule has 2 aliphatic rings. The monoisotopic (exact) mass is 408 g/mol. The molecular formula is C25H32N2O3. The van der Waals surface area contributed by atoms with Gasteiger partial charge in [-0.1, -0.05) is 12.1 Å². The Kier molecular flexibility index (Phi) is 6.70. The molecule has 1 aliphatic heterocycles. The lowest BCUT2D eigenvalue weighted by Gasteiger charge is -2.32. The molecule has 1 fully saturated rings. The molecule has 0 saturated carbocycles. The van der Waals surface area contributed by atoms with Crippen molar-refractivity contribution < 1.29 is 14.3 Å². The quantitative estimate of drug-likeness (QED) is 0.754. The Labute approximate surface area is 179 Å². The molecule has 1 heterocycles. The van der Waals surface area contributed by atoms with E-state index in [-0.39, 0.29) is 5.92 Å². The zero-order valence-corrected chi connectivity index (χ0v) is 17.8. The molecule has 5 heteroatoms. The molecular weight excluding hydrogens is 376 g/mol. The summed E-state index contributed by atoms with van der Waals surface area (Å²) >= 11 is 0. The molecule has 5 nitrogen and oxygen atoms in total. The Morgan fingerprint density at radius 2 is 1.77 bits per heavy atom. The van der Waals surface area contributed by atoms with Crippen molar-refractivity contribution in [2.75, 3.05) is 26.7 Å². The minimum Gasteiger partial charge on any atom is -0.497 e. The third-order valence-corrected chi connectivity index (χ3v) is 6.47. The summed E-state index contributed by atoms with van der Waals surface area (Å²) in [6.45, 7) is 3.63. The highest BCUT2D eigenvalue weighted by molar-refractivity contribution is 6.00. The number of piperidine rings is 1. The molecule has 1 unspecified atom stereocenters. The van der Waals surface area contributed by atoms with Gasteiger partial charge in [-0.3, -0.25) is 4.79 Å². The largest absolute Gasteiger partial charge is 0.497 e. The van der Waals surface area contributed by atoms with E-state index >= 15 is 0 Å². The molecule has 2 N–H and O–H groups in total. The molecule has 1 atom stereocenters. The van der Waals surface area contributed by atoms with Crippen molar-refractivity contribution in [3.8, 4) is 11.5 Å². The minimum atomic E-state index is 0.138. The summed E-state index contributed by atoms with van der Waals surface area (Å²) in [7, 11) is 1.66. The van der Waals surface area contributed by atoms with E-state index in [1.807, 2.05) is 42.5 Å².